The van der Waals surface area contributed by atoms with Crippen molar-refractivity contribution < 1.29 is 5.11 Å². The summed E-state index contributed by atoms with van der Waals surface area (Å²) in [6.45, 7) is 2.75. The van der Waals surface area contributed by atoms with Gasteiger partial charge in [-0.2, -0.15) is 0 Å². The van der Waals surface area contributed by atoms with Gasteiger partial charge in [0.25, 0.3) is 5.56 Å². The van der Waals surface area contributed by atoms with Gasteiger partial charge in [0.1, 0.15) is 5.82 Å². The van der Waals surface area contributed by atoms with Crippen LogP contribution in [-0.2, 0) is 6.54 Å². The lowest BCUT2D eigenvalue weighted by Gasteiger charge is -2.08. The summed E-state index contributed by atoms with van der Waals surface area (Å²) in [5, 5.41) is 8.63. The summed E-state index contributed by atoms with van der Waals surface area (Å²) in [5.74, 6) is 0.754. The third-order valence-electron chi connectivity index (χ3n) is 2.24. The molecule has 0 radical (unpaired) electrons. The largest absolute Gasteiger partial charge is 0.396 e. The van der Waals surface area contributed by atoms with E-state index in [1.54, 1.807) is 10.8 Å². The first-order valence-electron chi connectivity index (χ1n) is 4.99. The molecule has 0 aliphatic heterocycles. The van der Waals surface area contributed by atoms with Gasteiger partial charge in [0.05, 0.1) is 3.57 Å². The molecule has 1 heterocycles. The molecule has 0 saturated heterocycles. The van der Waals surface area contributed by atoms with Crippen molar-refractivity contribution in [3.63, 3.8) is 0 Å². The lowest BCUT2D eigenvalue weighted by molar-refractivity contribution is 0.281. The fourth-order valence-corrected chi connectivity index (χ4v) is 1.80. The molecule has 1 aromatic heterocycles. The fourth-order valence-electron chi connectivity index (χ4n) is 1.37. The highest BCUT2D eigenvalue weighted by Gasteiger charge is 2.04. The average molecular weight is 322 g/mol. The van der Waals surface area contributed by atoms with E-state index in [0.717, 1.165) is 25.1 Å². The second-order valence-electron chi connectivity index (χ2n) is 3.39. The zero-order valence-electron chi connectivity index (χ0n) is 8.74. The minimum absolute atomic E-state index is 0.0344. The first kappa shape index (κ1) is 12.6. The van der Waals surface area contributed by atoms with E-state index in [-0.39, 0.29) is 12.2 Å². The predicted molar refractivity (Wildman–Crippen MR) is 66.9 cm³/mol. The maximum Gasteiger partial charge on any atom is 0.266 e. The van der Waals surface area contributed by atoms with Gasteiger partial charge >= 0.3 is 0 Å². The topological polar surface area (TPSA) is 55.1 Å². The van der Waals surface area contributed by atoms with Crippen molar-refractivity contribution in [2.24, 2.45) is 0 Å². The number of hydrogen-bond donors (Lipinski definition) is 1. The van der Waals surface area contributed by atoms with Gasteiger partial charge in [-0.1, -0.05) is 0 Å². The van der Waals surface area contributed by atoms with E-state index < -0.39 is 0 Å². The van der Waals surface area contributed by atoms with Crippen LogP contribution in [-0.4, -0.2) is 21.3 Å². The van der Waals surface area contributed by atoms with E-state index in [9.17, 15) is 4.79 Å². The SMILES string of the molecule is Cc1ncc(I)c(=O)n1CCCCCO. The number of aliphatic hydroxyl groups excluding tert-OH is 1. The number of aromatic nitrogens is 2. The van der Waals surface area contributed by atoms with Crippen molar-refractivity contribution in [2.75, 3.05) is 6.61 Å². The third kappa shape index (κ3) is 3.57. The van der Waals surface area contributed by atoms with E-state index in [0.29, 0.717) is 10.1 Å². The molecule has 0 bridgehead atoms. The van der Waals surface area contributed by atoms with Crippen LogP contribution < -0.4 is 5.56 Å². The maximum atomic E-state index is 11.7. The molecule has 84 valence electrons. The lowest BCUT2D eigenvalue weighted by atomic mass is 10.2. The summed E-state index contributed by atoms with van der Waals surface area (Å²) < 4.78 is 2.35. The van der Waals surface area contributed by atoms with E-state index in [1.165, 1.54) is 0 Å². The third-order valence-corrected chi connectivity index (χ3v) is 2.98. The first-order valence-corrected chi connectivity index (χ1v) is 6.07. The van der Waals surface area contributed by atoms with Gasteiger partial charge in [-0.05, 0) is 48.8 Å². The molecule has 0 saturated carbocycles. The van der Waals surface area contributed by atoms with Gasteiger partial charge in [0.15, 0.2) is 0 Å². The number of aryl methyl sites for hydroxylation is 1. The summed E-state index contributed by atoms with van der Waals surface area (Å²) in [4.78, 5) is 15.9. The van der Waals surface area contributed by atoms with Gasteiger partial charge < -0.3 is 5.11 Å². The lowest BCUT2D eigenvalue weighted by Crippen LogP contribution is -2.25. The highest BCUT2D eigenvalue weighted by atomic mass is 127. The van der Waals surface area contributed by atoms with E-state index >= 15 is 0 Å². The Labute approximate surface area is 102 Å². The molecule has 1 rings (SSSR count). The van der Waals surface area contributed by atoms with Crippen molar-refractivity contribution in [3.05, 3.63) is 25.9 Å². The normalized spacial score (nSPS) is 10.6. The van der Waals surface area contributed by atoms with Crippen LogP contribution in [0.15, 0.2) is 11.0 Å². The molecule has 0 spiro atoms. The summed E-state index contributed by atoms with van der Waals surface area (Å²) in [7, 11) is 0. The molecule has 0 aliphatic rings. The number of rotatable bonds is 5. The predicted octanol–water partition coefficient (Wildman–Crippen LogP) is 1.32. The zero-order chi connectivity index (χ0) is 11.3. The summed E-state index contributed by atoms with van der Waals surface area (Å²) in [6.07, 6.45) is 4.24. The van der Waals surface area contributed by atoms with Crippen LogP contribution in [0.3, 0.4) is 0 Å². The minimum Gasteiger partial charge on any atom is -0.396 e. The molecular weight excluding hydrogens is 307 g/mol. The van der Waals surface area contributed by atoms with Crippen LogP contribution >= 0.6 is 22.6 Å². The smallest absolute Gasteiger partial charge is 0.266 e. The van der Waals surface area contributed by atoms with E-state index in [4.69, 9.17) is 5.11 Å². The molecule has 0 unspecified atom stereocenters. The van der Waals surface area contributed by atoms with Crippen molar-refractivity contribution in [1.29, 1.82) is 0 Å². The number of nitrogens with zero attached hydrogens (tertiary/aromatic N) is 2. The van der Waals surface area contributed by atoms with Crippen LogP contribution in [0.1, 0.15) is 25.1 Å². The molecule has 0 aromatic carbocycles. The summed E-state index contributed by atoms with van der Waals surface area (Å²) in [5.41, 5.74) is 0.0344. The fraction of sp³-hybridized carbons (Fsp3) is 0.600. The van der Waals surface area contributed by atoms with E-state index in [2.05, 4.69) is 4.98 Å². The minimum atomic E-state index is 0.0344. The van der Waals surface area contributed by atoms with Crippen LogP contribution in [0.2, 0.25) is 0 Å². The van der Waals surface area contributed by atoms with Crippen molar-refractivity contribution in [1.82, 2.24) is 9.55 Å². The maximum absolute atomic E-state index is 11.7. The second kappa shape index (κ2) is 6.22. The molecule has 1 N–H and O–H groups in total. The number of unbranched alkanes of at least 4 members (excludes halogenated alkanes) is 2. The second-order valence-corrected chi connectivity index (χ2v) is 4.56. The average Bonchev–Trinajstić information content (AvgIpc) is 2.23. The van der Waals surface area contributed by atoms with Crippen LogP contribution in [0.4, 0.5) is 0 Å². The Kier molecular flexibility index (Phi) is 5.24. The Morgan fingerprint density at radius 2 is 2.20 bits per heavy atom. The molecule has 15 heavy (non-hydrogen) atoms. The zero-order valence-corrected chi connectivity index (χ0v) is 10.9. The van der Waals surface area contributed by atoms with Crippen LogP contribution in [0, 0.1) is 10.5 Å². The standard InChI is InChI=1S/C10H15IN2O2/c1-8-12-7-9(11)10(15)13(8)5-3-2-4-6-14/h7,14H,2-6H2,1H3. The quantitative estimate of drug-likeness (QED) is 0.657. The van der Waals surface area contributed by atoms with Gasteiger partial charge in [0, 0.05) is 19.3 Å². The highest BCUT2D eigenvalue weighted by molar-refractivity contribution is 14.1. The summed E-state index contributed by atoms with van der Waals surface area (Å²) in [6, 6.07) is 0. The molecule has 0 amide bonds. The molecular formula is C10H15IN2O2. The van der Waals surface area contributed by atoms with Crippen LogP contribution in [0.25, 0.3) is 0 Å². The molecule has 5 heteroatoms. The summed E-state index contributed by atoms with van der Waals surface area (Å²) >= 11 is 2.00. The molecule has 0 fully saturated rings. The Morgan fingerprint density at radius 1 is 1.47 bits per heavy atom. The molecule has 4 nitrogen and oxygen atoms in total. The van der Waals surface area contributed by atoms with Crippen molar-refractivity contribution in [3.8, 4) is 0 Å². The van der Waals surface area contributed by atoms with Crippen molar-refractivity contribution in [2.45, 2.75) is 32.7 Å². The van der Waals surface area contributed by atoms with Crippen molar-refractivity contribution >= 4 is 22.6 Å². The molecule has 1 aromatic rings. The molecule has 0 aliphatic carbocycles. The molecule has 0 atom stereocenters. The van der Waals surface area contributed by atoms with Gasteiger partial charge in [-0.3, -0.25) is 9.36 Å². The van der Waals surface area contributed by atoms with Crippen LogP contribution in [0.5, 0.6) is 0 Å². The highest BCUT2D eigenvalue weighted by Crippen LogP contribution is 2.01. The van der Waals surface area contributed by atoms with Gasteiger partial charge in [0.2, 0.25) is 0 Å². The first-order chi connectivity index (χ1) is 7.16. The van der Waals surface area contributed by atoms with Gasteiger partial charge in [-0.25, -0.2) is 4.98 Å². The Morgan fingerprint density at radius 3 is 2.87 bits per heavy atom. The Bertz CT molecular complexity index is 376. The number of aliphatic hydroxyl groups is 1. The number of hydrogen-bond acceptors (Lipinski definition) is 3. The Hall–Kier alpha value is -0.430. The van der Waals surface area contributed by atoms with Gasteiger partial charge in [-0.15, -0.1) is 0 Å². The number of halogens is 1. The monoisotopic (exact) mass is 322 g/mol. The Balaban J connectivity index is 2.68. The van der Waals surface area contributed by atoms with E-state index in [1.807, 2.05) is 29.5 Å².